The van der Waals surface area contributed by atoms with Gasteiger partial charge >= 0.3 is 0 Å². The number of nitrogens with one attached hydrogen (secondary N) is 2. The lowest BCUT2D eigenvalue weighted by Crippen LogP contribution is -2.24. The van der Waals surface area contributed by atoms with Crippen LogP contribution in [0.25, 0.3) is 28.6 Å². The Bertz CT molecular complexity index is 1540. The zero-order valence-electron chi connectivity index (χ0n) is 22.8. The summed E-state index contributed by atoms with van der Waals surface area (Å²) in [6.45, 7) is 11.0. The number of nitrogens with zero attached hydrogens (tertiary/aromatic N) is 5. The van der Waals surface area contributed by atoms with Gasteiger partial charge in [-0.3, -0.25) is 9.59 Å². The quantitative estimate of drug-likeness (QED) is 0.222. The van der Waals surface area contributed by atoms with Crippen LogP contribution in [0.1, 0.15) is 59.6 Å². The number of carbonyl (C=O) groups excluding carboxylic acids is 2. The van der Waals surface area contributed by atoms with Crippen LogP contribution in [0.4, 0.5) is 5.69 Å². The maximum Gasteiger partial charge on any atom is 0.256 e. The molecule has 1 amide bonds. The van der Waals surface area contributed by atoms with E-state index in [0.29, 0.717) is 17.8 Å². The monoisotopic (exact) mass is 523 g/mol. The van der Waals surface area contributed by atoms with Crippen molar-refractivity contribution in [3.05, 3.63) is 77.3 Å². The standard InChI is InChI=1S/C30H33N7O2/c1-5-36(6-2)13-7-8-27(38)29-19(3)26(34-20(29)4)15-24-23-14-21(9-10-25(23)35-30(24)39)22-16-33-37(17-22)28-11-12-31-18-32-28/h9-12,14-18,34H,5-8,13H2,1-4H3,(H,35,39)/b24-15-. The Morgan fingerprint density at radius 2 is 1.95 bits per heavy atom. The smallest absolute Gasteiger partial charge is 0.256 e. The van der Waals surface area contributed by atoms with E-state index in [2.05, 4.69) is 44.1 Å². The van der Waals surface area contributed by atoms with E-state index in [9.17, 15) is 9.59 Å². The van der Waals surface area contributed by atoms with Crippen molar-refractivity contribution in [2.45, 2.75) is 40.5 Å². The Hall–Kier alpha value is -4.37. The molecule has 9 heteroatoms. The van der Waals surface area contributed by atoms with Gasteiger partial charge in [0.15, 0.2) is 11.6 Å². The minimum Gasteiger partial charge on any atom is -0.358 e. The van der Waals surface area contributed by atoms with Crippen molar-refractivity contribution in [1.82, 2.24) is 29.6 Å². The van der Waals surface area contributed by atoms with Crippen LogP contribution in [-0.2, 0) is 4.79 Å². The molecule has 1 aromatic carbocycles. The molecule has 3 aromatic heterocycles. The van der Waals surface area contributed by atoms with E-state index in [-0.39, 0.29) is 11.7 Å². The van der Waals surface area contributed by atoms with Gasteiger partial charge in [-0.2, -0.15) is 5.10 Å². The highest BCUT2D eigenvalue weighted by atomic mass is 16.2. The van der Waals surface area contributed by atoms with Gasteiger partial charge < -0.3 is 15.2 Å². The molecule has 5 rings (SSSR count). The van der Waals surface area contributed by atoms with E-state index in [1.165, 1.54) is 6.33 Å². The zero-order chi connectivity index (χ0) is 27.5. The number of hydrogen-bond donors (Lipinski definition) is 2. The number of hydrogen-bond acceptors (Lipinski definition) is 6. The summed E-state index contributed by atoms with van der Waals surface area (Å²) in [6.07, 6.45) is 10.0. The molecule has 1 aliphatic rings. The van der Waals surface area contributed by atoms with Crippen molar-refractivity contribution in [2.75, 3.05) is 25.0 Å². The van der Waals surface area contributed by atoms with Crippen LogP contribution < -0.4 is 5.32 Å². The first kappa shape index (κ1) is 26.2. The highest BCUT2D eigenvalue weighted by Gasteiger charge is 2.26. The van der Waals surface area contributed by atoms with Crippen LogP contribution in [0.2, 0.25) is 0 Å². The number of benzene rings is 1. The predicted molar refractivity (Wildman–Crippen MR) is 153 cm³/mol. The molecule has 0 saturated heterocycles. The molecule has 0 bridgehead atoms. The third-order valence-electron chi connectivity index (χ3n) is 7.34. The SMILES string of the molecule is CCN(CC)CCCC(=O)c1c(C)[nH]c(/C=C2\C(=O)Nc3ccc(-c4cnn(-c5ccncn5)c4)cc32)c1C. The van der Waals surface area contributed by atoms with Gasteiger partial charge in [0.25, 0.3) is 5.91 Å². The van der Waals surface area contributed by atoms with E-state index in [1.54, 1.807) is 23.1 Å². The van der Waals surface area contributed by atoms with Crippen LogP contribution in [0.3, 0.4) is 0 Å². The maximum atomic E-state index is 13.1. The maximum absolute atomic E-state index is 13.1. The molecule has 0 fully saturated rings. The summed E-state index contributed by atoms with van der Waals surface area (Å²) in [5, 5.41) is 7.39. The summed E-state index contributed by atoms with van der Waals surface area (Å²) in [5.41, 5.74) is 7.16. The number of carbonyl (C=O) groups is 2. The fraction of sp³-hybridized carbons (Fsp3) is 0.300. The first-order valence-electron chi connectivity index (χ1n) is 13.3. The summed E-state index contributed by atoms with van der Waals surface area (Å²) in [6, 6.07) is 7.64. The van der Waals surface area contributed by atoms with Gasteiger partial charge in [-0.05, 0) is 69.2 Å². The molecule has 0 saturated carbocycles. The number of rotatable bonds is 10. The van der Waals surface area contributed by atoms with Crippen LogP contribution >= 0.6 is 0 Å². The van der Waals surface area contributed by atoms with E-state index >= 15 is 0 Å². The Kier molecular flexibility index (Phi) is 7.51. The number of H-pyrrole nitrogens is 1. The summed E-state index contributed by atoms with van der Waals surface area (Å²) >= 11 is 0. The number of ketones is 1. The minimum absolute atomic E-state index is 0.136. The van der Waals surface area contributed by atoms with E-state index in [0.717, 1.165) is 70.9 Å². The number of amides is 1. The molecule has 9 nitrogen and oxygen atoms in total. The third kappa shape index (κ3) is 5.31. The van der Waals surface area contributed by atoms with Crippen molar-refractivity contribution >= 4 is 29.0 Å². The van der Waals surface area contributed by atoms with Crippen molar-refractivity contribution in [3.63, 3.8) is 0 Å². The minimum atomic E-state index is -0.169. The molecule has 1 aliphatic heterocycles. The molecular formula is C30H33N7O2. The molecule has 4 heterocycles. The van der Waals surface area contributed by atoms with Crippen molar-refractivity contribution in [1.29, 1.82) is 0 Å². The molecular weight excluding hydrogens is 490 g/mol. The zero-order valence-corrected chi connectivity index (χ0v) is 22.8. The molecule has 0 radical (unpaired) electrons. The topological polar surface area (TPSA) is 109 Å². The van der Waals surface area contributed by atoms with Crippen molar-refractivity contribution < 1.29 is 9.59 Å². The van der Waals surface area contributed by atoms with Crippen LogP contribution in [0, 0.1) is 13.8 Å². The average molecular weight is 524 g/mol. The molecule has 0 spiro atoms. The van der Waals surface area contributed by atoms with Gasteiger partial charge in [-0.25, -0.2) is 14.6 Å². The van der Waals surface area contributed by atoms with Crippen LogP contribution in [0.5, 0.6) is 0 Å². The Morgan fingerprint density at radius 1 is 1.13 bits per heavy atom. The number of aromatic amines is 1. The number of aromatic nitrogens is 5. The third-order valence-corrected chi connectivity index (χ3v) is 7.34. The number of fused-ring (bicyclic) bond motifs is 1. The molecule has 200 valence electrons. The Labute approximate surface area is 228 Å². The first-order valence-corrected chi connectivity index (χ1v) is 13.3. The van der Waals surface area contributed by atoms with Crippen molar-refractivity contribution in [3.8, 4) is 16.9 Å². The van der Waals surface area contributed by atoms with Gasteiger partial charge in [0, 0.05) is 58.6 Å². The van der Waals surface area contributed by atoms with Crippen LogP contribution in [0.15, 0.2) is 49.2 Å². The lowest BCUT2D eigenvalue weighted by Gasteiger charge is -2.17. The van der Waals surface area contributed by atoms with Gasteiger partial charge in [0.1, 0.15) is 6.33 Å². The van der Waals surface area contributed by atoms with E-state index < -0.39 is 0 Å². The second-order valence-corrected chi connectivity index (χ2v) is 9.73. The molecule has 39 heavy (non-hydrogen) atoms. The highest BCUT2D eigenvalue weighted by molar-refractivity contribution is 6.35. The fourth-order valence-electron chi connectivity index (χ4n) is 5.14. The number of aryl methyl sites for hydroxylation is 1. The largest absolute Gasteiger partial charge is 0.358 e. The fourth-order valence-corrected chi connectivity index (χ4v) is 5.14. The van der Waals surface area contributed by atoms with Gasteiger partial charge in [0.05, 0.1) is 11.8 Å². The molecule has 4 aromatic rings. The molecule has 2 N–H and O–H groups in total. The molecule has 0 aliphatic carbocycles. The second kappa shape index (κ2) is 11.2. The van der Waals surface area contributed by atoms with Crippen LogP contribution in [-0.4, -0.2) is 61.0 Å². The van der Waals surface area contributed by atoms with Gasteiger partial charge in [-0.1, -0.05) is 19.9 Å². The van der Waals surface area contributed by atoms with Gasteiger partial charge in [0.2, 0.25) is 0 Å². The summed E-state index contributed by atoms with van der Waals surface area (Å²) < 4.78 is 1.69. The summed E-state index contributed by atoms with van der Waals surface area (Å²) in [5.74, 6) is 0.640. The first-order chi connectivity index (χ1) is 18.9. The summed E-state index contributed by atoms with van der Waals surface area (Å²) in [4.78, 5) is 40.0. The predicted octanol–water partition coefficient (Wildman–Crippen LogP) is 5.07. The highest BCUT2D eigenvalue weighted by Crippen LogP contribution is 2.37. The second-order valence-electron chi connectivity index (χ2n) is 9.73. The molecule has 0 unspecified atom stereocenters. The Morgan fingerprint density at radius 3 is 2.69 bits per heavy atom. The Balaban J connectivity index is 1.41. The average Bonchev–Trinajstić information content (AvgIpc) is 3.63. The number of Topliss-reactive ketones (excluding diaryl/α,β-unsaturated/α-hetero) is 1. The van der Waals surface area contributed by atoms with Crippen molar-refractivity contribution in [2.24, 2.45) is 0 Å². The van der Waals surface area contributed by atoms with E-state index in [4.69, 9.17) is 0 Å². The lowest BCUT2D eigenvalue weighted by atomic mass is 9.98. The normalized spacial score (nSPS) is 13.8. The lowest BCUT2D eigenvalue weighted by molar-refractivity contribution is -0.110. The summed E-state index contributed by atoms with van der Waals surface area (Å²) in [7, 11) is 0. The molecule has 0 atom stereocenters. The number of anilines is 1. The van der Waals surface area contributed by atoms with E-state index in [1.807, 2.05) is 44.3 Å². The van der Waals surface area contributed by atoms with Gasteiger partial charge in [-0.15, -0.1) is 0 Å².